The van der Waals surface area contributed by atoms with Gasteiger partial charge in [-0.05, 0) is 23.8 Å². The first-order chi connectivity index (χ1) is 10.1. The average Bonchev–Trinajstić information content (AvgIpc) is 2.86. The van der Waals surface area contributed by atoms with Crippen molar-refractivity contribution in [3.8, 4) is 0 Å². The number of fused-ring (bicyclic) bond motifs is 1. The number of nitrogens with zero attached hydrogens (tertiary/aromatic N) is 1. The molecule has 3 rings (SSSR count). The second-order valence-electron chi connectivity index (χ2n) is 4.77. The lowest BCUT2D eigenvalue weighted by Crippen LogP contribution is -2.44. The van der Waals surface area contributed by atoms with Crippen molar-refractivity contribution in [1.29, 1.82) is 0 Å². The third-order valence-corrected chi connectivity index (χ3v) is 3.53. The summed E-state index contributed by atoms with van der Waals surface area (Å²) in [5.74, 6) is -1.69. The van der Waals surface area contributed by atoms with Gasteiger partial charge in [-0.15, -0.1) is 0 Å². The molecular formula is C15H12N2O4. The fourth-order valence-electron chi connectivity index (χ4n) is 2.55. The standard InChI is InChI=1S/C15H12N2O4/c18-13-10(5-3-7-16-13)14(19)17-11-6-2-1-4-9(11)8-12(17)15(20)21/h1-7,12H,8H2,(H,16,18)(H,20,21). The number of H-pyrrole nitrogens is 1. The van der Waals surface area contributed by atoms with E-state index < -0.39 is 23.5 Å². The van der Waals surface area contributed by atoms with Crippen LogP contribution in [0.15, 0.2) is 47.4 Å². The highest BCUT2D eigenvalue weighted by atomic mass is 16.4. The molecule has 0 bridgehead atoms. The minimum Gasteiger partial charge on any atom is -0.480 e. The van der Waals surface area contributed by atoms with Crippen LogP contribution in [0.4, 0.5) is 5.69 Å². The number of aliphatic carboxylic acids is 1. The molecule has 2 heterocycles. The summed E-state index contributed by atoms with van der Waals surface area (Å²) in [5, 5.41) is 9.34. The van der Waals surface area contributed by atoms with Crippen LogP contribution in [0.5, 0.6) is 0 Å². The number of benzene rings is 1. The number of nitrogens with one attached hydrogen (secondary N) is 1. The number of carbonyl (C=O) groups excluding carboxylic acids is 1. The summed E-state index contributed by atoms with van der Waals surface area (Å²) in [7, 11) is 0. The van der Waals surface area contributed by atoms with Crippen molar-refractivity contribution in [2.45, 2.75) is 12.5 Å². The van der Waals surface area contributed by atoms with Crippen LogP contribution in [0.3, 0.4) is 0 Å². The largest absolute Gasteiger partial charge is 0.480 e. The van der Waals surface area contributed by atoms with E-state index in [-0.39, 0.29) is 12.0 Å². The zero-order chi connectivity index (χ0) is 15.0. The molecule has 1 aromatic heterocycles. The zero-order valence-electron chi connectivity index (χ0n) is 10.9. The van der Waals surface area contributed by atoms with Crippen molar-refractivity contribution in [1.82, 2.24) is 4.98 Å². The molecule has 1 atom stereocenters. The van der Waals surface area contributed by atoms with E-state index in [1.807, 2.05) is 0 Å². The van der Waals surface area contributed by atoms with Gasteiger partial charge in [-0.3, -0.25) is 14.5 Å². The van der Waals surface area contributed by atoms with E-state index in [0.717, 1.165) is 5.56 Å². The molecule has 1 aliphatic rings. The Hall–Kier alpha value is -2.89. The number of carbonyl (C=O) groups is 2. The Morgan fingerprint density at radius 3 is 2.67 bits per heavy atom. The van der Waals surface area contributed by atoms with Gasteiger partial charge in [-0.2, -0.15) is 0 Å². The molecule has 0 saturated heterocycles. The number of carboxylic acids is 1. The first-order valence-electron chi connectivity index (χ1n) is 6.41. The van der Waals surface area contributed by atoms with Crippen LogP contribution in [-0.4, -0.2) is 28.0 Å². The van der Waals surface area contributed by atoms with Crippen molar-refractivity contribution < 1.29 is 14.7 Å². The molecule has 1 aromatic carbocycles. The van der Waals surface area contributed by atoms with Gasteiger partial charge in [-0.25, -0.2) is 4.79 Å². The van der Waals surface area contributed by atoms with Crippen LogP contribution in [0.2, 0.25) is 0 Å². The lowest BCUT2D eigenvalue weighted by atomic mass is 10.1. The van der Waals surface area contributed by atoms with Gasteiger partial charge in [0.05, 0.1) is 0 Å². The molecule has 21 heavy (non-hydrogen) atoms. The van der Waals surface area contributed by atoms with Crippen LogP contribution in [-0.2, 0) is 11.2 Å². The second-order valence-corrected chi connectivity index (χ2v) is 4.77. The smallest absolute Gasteiger partial charge is 0.327 e. The van der Waals surface area contributed by atoms with Crippen LogP contribution >= 0.6 is 0 Å². The van der Waals surface area contributed by atoms with E-state index in [9.17, 15) is 19.5 Å². The minimum absolute atomic E-state index is 0.0690. The van der Waals surface area contributed by atoms with Crippen molar-refractivity contribution in [2.75, 3.05) is 4.90 Å². The number of aromatic nitrogens is 1. The first-order valence-corrected chi connectivity index (χ1v) is 6.41. The molecule has 1 amide bonds. The Morgan fingerprint density at radius 1 is 1.19 bits per heavy atom. The molecule has 1 aliphatic heterocycles. The van der Waals surface area contributed by atoms with Gasteiger partial charge in [0.2, 0.25) is 0 Å². The van der Waals surface area contributed by atoms with E-state index in [1.165, 1.54) is 23.2 Å². The third kappa shape index (κ3) is 2.10. The maximum absolute atomic E-state index is 12.6. The van der Waals surface area contributed by atoms with Crippen LogP contribution < -0.4 is 10.5 Å². The minimum atomic E-state index is -1.09. The fourth-order valence-corrected chi connectivity index (χ4v) is 2.55. The van der Waals surface area contributed by atoms with Crippen molar-refractivity contribution in [3.05, 3.63) is 64.1 Å². The Balaban J connectivity index is 2.10. The molecule has 0 radical (unpaired) electrons. The molecule has 1 unspecified atom stereocenters. The zero-order valence-corrected chi connectivity index (χ0v) is 10.9. The van der Waals surface area contributed by atoms with Gasteiger partial charge in [0.1, 0.15) is 11.6 Å². The normalized spacial score (nSPS) is 16.6. The molecule has 0 saturated carbocycles. The number of aromatic amines is 1. The van der Waals surface area contributed by atoms with Crippen LogP contribution in [0.1, 0.15) is 15.9 Å². The predicted molar refractivity (Wildman–Crippen MR) is 75.4 cm³/mol. The number of para-hydroxylation sites is 1. The van der Waals surface area contributed by atoms with Crippen molar-refractivity contribution >= 4 is 17.6 Å². The summed E-state index contributed by atoms with van der Waals surface area (Å²) in [6, 6.07) is 8.93. The molecule has 0 spiro atoms. The number of rotatable bonds is 2. The Bertz CT molecular complexity index is 781. The van der Waals surface area contributed by atoms with Gasteiger partial charge >= 0.3 is 5.97 Å². The summed E-state index contributed by atoms with van der Waals surface area (Å²) < 4.78 is 0. The first kappa shape index (κ1) is 13.1. The number of carboxylic acid groups (broad SMARTS) is 1. The number of amides is 1. The molecule has 0 fully saturated rings. The summed E-state index contributed by atoms with van der Waals surface area (Å²) in [6.45, 7) is 0. The van der Waals surface area contributed by atoms with E-state index in [4.69, 9.17) is 0 Å². The van der Waals surface area contributed by atoms with Crippen molar-refractivity contribution in [3.63, 3.8) is 0 Å². The summed E-state index contributed by atoms with van der Waals surface area (Å²) >= 11 is 0. The van der Waals surface area contributed by atoms with Crippen LogP contribution in [0.25, 0.3) is 0 Å². The van der Waals surface area contributed by atoms with Gasteiger partial charge in [0.15, 0.2) is 0 Å². The maximum atomic E-state index is 12.6. The Kier molecular flexibility index (Phi) is 3.06. The van der Waals surface area contributed by atoms with Gasteiger partial charge in [0, 0.05) is 18.3 Å². The number of hydrogen-bond acceptors (Lipinski definition) is 3. The Morgan fingerprint density at radius 2 is 1.95 bits per heavy atom. The highest BCUT2D eigenvalue weighted by molar-refractivity contribution is 6.10. The van der Waals surface area contributed by atoms with Crippen molar-refractivity contribution in [2.24, 2.45) is 0 Å². The monoisotopic (exact) mass is 284 g/mol. The maximum Gasteiger partial charge on any atom is 0.327 e. The van der Waals surface area contributed by atoms with Gasteiger partial charge < -0.3 is 10.1 Å². The molecule has 0 aliphatic carbocycles. The average molecular weight is 284 g/mol. The lowest BCUT2D eigenvalue weighted by molar-refractivity contribution is -0.138. The fraction of sp³-hybridized carbons (Fsp3) is 0.133. The number of pyridine rings is 1. The predicted octanol–water partition coefficient (Wildman–Crippen LogP) is 1.03. The summed E-state index contributed by atoms with van der Waals surface area (Å²) in [4.78, 5) is 39.4. The third-order valence-electron chi connectivity index (χ3n) is 3.53. The molecular weight excluding hydrogens is 272 g/mol. The Labute approximate surface area is 119 Å². The summed E-state index contributed by atoms with van der Waals surface area (Å²) in [6.07, 6.45) is 1.66. The quantitative estimate of drug-likeness (QED) is 0.861. The highest BCUT2D eigenvalue weighted by Crippen LogP contribution is 2.33. The number of anilines is 1. The molecule has 6 heteroatoms. The summed E-state index contributed by atoms with van der Waals surface area (Å²) in [5.41, 5.74) is 0.722. The number of hydrogen-bond donors (Lipinski definition) is 2. The van der Waals surface area contributed by atoms with Gasteiger partial charge in [0.25, 0.3) is 11.5 Å². The molecule has 2 N–H and O–H groups in total. The molecule has 106 valence electrons. The van der Waals surface area contributed by atoms with E-state index in [2.05, 4.69) is 4.98 Å². The lowest BCUT2D eigenvalue weighted by Gasteiger charge is -2.22. The van der Waals surface area contributed by atoms with E-state index in [0.29, 0.717) is 5.69 Å². The highest BCUT2D eigenvalue weighted by Gasteiger charge is 2.39. The second kappa shape index (κ2) is 4.90. The van der Waals surface area contributed by atoms with Crippen LogP contribution in [0, 0.1) is 0 Å². The topological polar surface area (TPSA) is 90.5 Å². The molecule has 2 aromatic rings. The van der Waals surface area contributed by atoms with E-state index >= 15 is 0 Å². The van der Waals surface area contributed by atoms with E-state index in [1.54, 1.807) is 24.3 Å². The molecule has 6 nitrogen and oxygen atoms in total. The SMILES string of the molecule is O=C(O)C1Cc2ccccc2N1C(=O)c1ccc[nH]c1=O. The van der Waals surface area contributed by atoms with Gasteiger partial charge in [-0.1, -0.05) is 18.2 Å².